The maximum Gasteiger partial charge on any atom is 0.232 e. The van der Waals surface area contributed by atoms with Crippen LogP contribution in [0.1, 0.15) is 12.5 Å². The minimum Gasteiger partial charge on any atom is -0.480 e. The molecule has 0 unspecified atom stereocenters. The Morgan fingerprint density at radius 2 is 2.21 bits per heavy atom. The molecule has 0 aliphatic carbocycles. The fraction of sp³-hybridized carbons (Fsp3) is 0.273. The number of hydrogen-bond acceptors (Lipinski definition) is 3. The Bertz CT molecular complexity index is 454. The van der Waals surface area contributed by atoms with E-state index in [9.17, 15) is 0 Å². The molecule has 14 heavy (non-hydrogen) atoms. The molecule has 0 aliphatic rings. The van der Waals surface area contributed by atoms with Crippen LogP contribution in [0.3, 0.4) is 0 Å². The standard InChI is InChI=1S/C11H12N2O/c1-3-8-5-4-6-9-11(8)13-10(14-2)7-12-9/h4-7H,3H2,1-2H3. The van der Waals surface area contributed by atoms with Gasteiger partial charge in [-0.1, -0.05) is 19.1 Å². The van der Waals surface area contributed by atoms with Crippen LogP contribution >= 0.6 is 0 Å². The van der Waals surface area contributed by atoms with E-state index in [1.54, 1.807) is 13.3 Å². The van der Waals surface area contributed by atoms with Gasteiger partial charge in [-0.2, -0.15) is 0 Å². The summed E-state index contributed by atoms with van der Waals surface area (Å²) in [5, 5.41) is 0. The Hall–Kier alpha value is -1.64. The van der Waals surface area contributed by atoms with Crippen molar-refractivity contribution in [3.63, 3.8) is 0 Å². The molecule has 0 amide bonds. The summed E-state index contributed by atoms with van der Waals surface area (Å²) in [7, 11) is 1.60. The number of benzene rings is 1. The first-order valence-electron chi connectivity index (χ1n) is 4.63. The molecule has 0 aliphatic heterocycles. The Balaban J connectivity index is 2.70. The third-order valence-electron chi connectivity index (χ3n) is 2.22. The van der Waals surface area contributed by atoms with Crippen LogP contribution in [0.2, 0.25) is 0 Å². The van der Waals surface area contributed by atoms with Crippen LogP contribution in [0.25, 0.3) is 11.0 Å². The molecular weight excluding hydrogens is 176 g/mol. The lowest BCUT2D eigenvalue weighted by molar-refractivity contribution is 0.397. The quantitative estimate of drug-likeness (QED) is 0.724. The van der Waals surface area contributed by atoms with Crippen molar-refractivity contribution < 1.29 is 4.74 Å². The van der Waals surface area contributed by atoms with Crippen LogP contribution in [0.4, 0.5) is 0 Å². The van der Waals surface area contributed by atoms with Gasteiger partial charge >= 0.3 is 0 Å². The first-order valence-corrected chi connectivity index (χ1v) is 4.63. The summed E-state index contributed by atoms with van der Waals surface area (Å²) in [6, 6.07) is 6.03. The lowest BCUT2D eigenvalue weighted by Crippen LogP contribution is -1.93. The molecule has 72 valence electrons. The highest BCUT2D eigenvalue weighted by molar-refractivity contribution is 5.78. The Kier molecular flexibility index (Phi) is 2.31. The van der Waals surface area contributed by atoms with Crippen LogP contribution in [-0.2, 0) is 6.42 Å². The van der Waals surface area contributed by atoms with E-state index in [0.717, 1.165) is 17.5 Å². The molecule has 1 heterocycles. The van der Waals surface area contributed by atoms with Crippen molar-refractivity contribution in [2.45, 2.75) is 13.3 Å². The van der Waals surface area contributed by atoms with E-state index < -0.39 is 0 Å². The van der Waals surface area contributed by atoms with Gasteiger partial charge in [0.2, 0.25) is 5.88 Å². The van der Waals surface area contributed by atoms with Crippen molar-refractivity contribution in [1.29, 1.82) is 0 Å². The molecule has 0 N–H and O–H groups in total. The third kappa shape index (κ3) is 1.41. The van der Waals surface area contributed by atoms with Gasteiger partial charge in [0.25, 0.3) is 0 Å². The number of hydrogen-bond donors (Lipinski definition) is 0. The second-order valence-corrected chi connectivity index (χ2v) is 3.05. The van der Waals surface area contributed by atoms with Gasteiger partial charge in [0.1, 0.15) is 0 Å². The normalized spacial score (nSPS) is 10.4. The monoisotopic (exact) mass is 188 g/mol. The van der Waals surface area contributed by atoms with Crippen LogP contribution in [0.5, 0.6) is 5.88 Å². The summed E-state index contributed by atoms with van der Waals surface area (Å²) in [5.74, 6) is 0.568. The van der Waals surface area contributed by atoms with Gasteiger partial charge in [-0.3, -0.25) is 0 Å². The van der Waals surface area contributed by atoms with E-state index in [-0.39, 0.29) is 0 Å². The first kappa shape index (κ1) is 8.94. The molecule has 1 aromatic carbocycles. The average molecular weight is 188 g/mol. The van der Waals surface area contributed by atoms with E-state index in [0.29, 0.717) is 5.88 Å². The van der Waals surface area contributed by atoms with Gasteiger partial charge in [-0.05, 0) is 18.1 Å². The van der Waals surface area contributed by atoms with Crippen LogP contribution in [-0.4, -0.2) is 17.1 Å². The first-order chi connectivity index (χ1) is 6.85. The number of rotatable bonds is 2. The van der Waals surface area contributed by atoms with Crippen molar-refractivity contribution >= 4 is 11.0 Å². The minimum atomic E-state index is 0.568. The Morgan fingerprint density at radius 3 is 2.93 bits per heavy atom. The van der Waals surface area contributed by atoms with Gasteiger partial charge in [0, 0.05) is 0 Å². The predicted octanol–water partition coefficient (Wildman–Crippen LogP) is 2.20. The molecule has 0 saturated carbocycles. The summed E-state index contributed by atoms with van der Waals surface area (Å²) in [6.07, 6.45) is 2.60. The number of fused-ring (bicyclic) bond motifs is 1. The van der Waals surface area contributed by atoms with Crippen LogP contribution < -0.4 is 4.74 Å². The van der Waals surface area contributed by atoms with Crippen LogP contribution in [0, 0.1) is 0 Å². The highest BCUT2D eigenvalue weighted by Gasteiger charge is 2.02. The molecule has 2 rings (SSSR count). The number of ether oxygens (including phenoxy) is 1. The van der Waals surface area contributed by atoms with E-state index in [2.05, 4.69) is 23.0 Å². The Morgan fingerprint density at radius 1 is 1.36 bits per heavy atom. The number of aryl methyl sites for hydroxylation is 1. The minimum absolute atomic E-state index is 0.568. The average Bonchev–Trinajstić information content (AvgIpc) is 2.27. The Labute approximate surface area is 82.8 Å². The fourth-order valence-corrected chi connectivity index (χ4v) is 1.46. The van der Waals surface area contributed by atoms with E-state index in [1.165, 1.54) is 5.56 Å². The number of aromatic nitrogens is 2. The summed E-state index contributed by atoms with van der Waals surface area (Å²) in [4.78, 5) is 8.65. The molecule has 0 atom stereocenters. The highest BCUT2D eigenvalue weighted by atomic mass is 16.5. The van der Waals surface area contributed by atoms with Crippen molar-refractivity contribution in [2.75, 3.05) is 7.11 Å². The largest absolute Gasteiger partial charge is 0.480 e. The van der Waals surface area contributed by atoms with Crippen molar-refractivity contribution in [3.05, 3.63) is 30.0 Å². The van der Waals surface area contributed by atoms with Gasteiger partial charge in [0.05, 0.1) is 24.3 Å². The smallest absolute Gasteiger partial charge is 0.232 e. The number of para-hydroxylation sites is 1. The lowest BCUT2D eigenvalue weighted by Gasteiger charge is -2.04. The summed E-state index contributed by atoms with van der Waals surface area (Å²) < 4.78 is 5.05. The summed E-state index contributed by atoms with van der Waals surface area (Å²) in [5.41, 5.74) is 3.06. The third-order valence-corrected chi connectivity index (χ3v) is 2.22. The summed E-state index contributed by atoms with van der Waals surface area (Å²) >= 11 is 0. The van der Waals surface area contributed by atoms with E-state index in [4.69, 9.17) is 4.74 Å². The van der Waals surface area contributed by atoms with Crippen LogP contribution in [0.15, 0.2) is 24.4 Å². The zero-order valence-electron chi connectivity index (χ0n) is 8.32. The maximum atomic E-state index is 5.05. The van der Waals surface area contributed by atoms with Gasteiger partial charge in [-0.15, -0.1) is 0 Å². The molecule has 0 fully saturated rings. The van der Waals surface area contributed by atoms with Gasteiger partial charge < -0.3 is 4.74 Å². The summed E-state index contributed by atoms with van der Waals surface area (Å²) in [6.45, 7) is 2.11. The zero-order chi connectivity index (χ0) is 9.97. The van der Waals surface area contributed by atoms with Gasteiger partial charge in [-0.25, -0.2) is 9.97 Å². The zero-order valence-corrected chi connectivity index (χ0v) is 8.32. The predicted molar refractivity (Wildman–Crippen MR) is 55.5 cm³/mol. The topological polar surface area (TPSA) is 35.0 Å². The second-order valence-electron chi connectivity index (χ2n) is 3.05. The number of methoxy groups -OCH3 is 1. The molecule has 0 bridgehead atoms. The van der Waals surface area contributed by atoms with Crippen molar-refractivity contribution in [1.82, 2.24) is 9.97 Å². The molecule has 0 radical (unpaired) electrons. The highest BCUT2D eigenvalue weighted by Crippen LogP contribution is 2.17. The van der Waals surface area contributed by atoms with Crippen molar-refractivity contribution in [3.8, 4) is 5.88 Å². The molecule has 2 aromatic rings. The van der Waals surface area contributed by atoms with Gasteiger partial charge in [0.15, 0.2) is 0 Å². The van der Waals surface area contributed by atoms with Crippen molar-refractivity contribution in [2.24, 2.45) is 0 Å². The second kappa shape index (κ2) is 3.62. The SMILES string of the molecule is CCc1cccc2ncc(OC)nc12. The molecule has 0 saturated heterocycles. The lowest BCUT2D eigenvalue weighted by atomic mass is 10.1. The molecule has 3 heteroatoms. The molecule has 3 nitrogen and oxygen atoms in total. The molecule has 1 aromatic heterocycles. The van der Waals surface area contributed by atoms with E-state index >= 15 is 0 Å². The maximum absolute atomic E-state index is 5.05. The fourth-order valence-electron chi connectivity index (χ4n) is 1.46. The number of nitrogens with zero attached hydrogens (tertiary/aromatic N) is 2. The molecule has 0 spiro atoms. The molecular formula is C11H12N2O. The van der Waals surface area contributed by atoms with E-state index in [1.807, 2.05) is 12.1 Å².